The molecule has 0 heterocycles. The molecule has 0 saturated carbocycles. The van der Waals surface area contributed by atoms with E-state index in [0.717, 1.165) is 5.56 Å². The van der Waals surface area contributed by atoms with Gasteiger partial charge >= 0.3 is 12.1 Å². The monoisotopic (exact) mass is 364 g/mol. The number of hydrogen-bond donors (Lipinski definition) is 3. The van der Waals surface area contributed by atoms with Crippen LogP contribution in [0.25, 0.3) is 0 Å². The summed E-state index contributed by atoms with van der Waals surface area (Å²) in [4.78, 5) is 35.8. The highest BCUT2D eigenvalue weighted by atomic mass is 16.5. The van der Waals surface area contributed by atoms with Gasteiger partial charge in [-0.15, -0.1) is 0 Å². The average Bonchev–Trinajstić information content (AvgIpc) is 2.64. The quantitative estimate of drug-likeness (QED) is 0.592. The van der Waals surface area contributed by atoms with Crippen LogP contribution in [0.15, 0.2) is 30.3 Å². The summed E-state index contributed by atoms with van der Waals surface area (Å²) in [6.07, 6.45) is 0.879. The van der Waals surface area contributed by atoms with Gasteiger partial charge in [0, 0.05) is 0 Å². The number of amides is 2. The van der Waals surface area contributed by atoms with E-state index in [9.17, 15) is 19.5 Å². The number of aliphatic carboxylic acids is 1. The molecule has 0 saturated heterocycles. The Morgan fingerprint density at radius 1 is 1.12 bits per heavy atom. The lowest BCUT2D eigenvalue weighted by molar-refractivity contribution is -0.142. The minimum absolute atomic E-state index is 0.0924. The van der Waals surface area contributed by atoms with Crippen molar-refractivity contribution in [3.05, 3.63) is 35.9 Å². The van der Waals surface area contributed by atoms with E-state index >= 15 is 0 Å². The van der Waals surface area contributed by atoms with Crippen LogP contribution in [0.2, 0.25) is 0 Å². The van der Waals surface area contributed by atoms with Crippen LogP contribution in [0.1, 0.15) is 45.6 Å². The van der Waals surface area contributed by atoms with Gasteiger partial charge in [0.2, 0.25) is 5.91 Å². The lowest BCUT2D eigenvalue weighted by Crippen LogP contribution is -2.54. The SMILES string of the molecule is CCC[C@H](NC(=O)[C@H](NC(=O)OCc1ccccc1)[C@@H](C)CC)C(=O)O. The standard InChI is InChI=1S/C19H28N2O5/c1-4-9-15(18(23)24)20-17(22)16(13(3)5-2)21-19(25)26-12-14-10-7-6-8-11-14/h6-8,10-11,13,15-16H,4-5,9,12H2,1-3H3,(H,20,22)(H,21,25)(H,23,24)/t13-,15-,16+/m0/s1. The van der Waals surface area contributed by atoms with Crippen LogP contribution in [-0.2, 0) is 20.9 Å². The lowest BCUT2D eigenvalue weighted by Gasteiger charge is -2.25. The van der Waals surface area contributed by atoms with Crippen molar-refractivity contribution in [2.45, 2.75) is 58.7 Å². The fraction of sp³-hybridized carbons (Fsp3) is 0.526. The molecule has 0 fully saturated rings. The summed E-state index contributed by atoms with van der Waals surface area (Å²) in [5.41, 5.74) is 0.834. The number of ether oxygens (including phenoxy) is 1. The highest BCUT2D eigenvalue weighted by Crippen LogP contribution is 2.10. The summed E-state index contributed by atoms with van der Waals surface area (Å²) >= 11 is 0. The number of benzene rings is 1. The third-order valence-electron chi connectivity index (χ3n) is 4.17. The molecule has 0 spiro atoms. The highest BCUT2D eigenvalue weighted by molar-refractivity contribution is 5.89. The summed E-state index contributed by atoms with van der Waals surface area (Å²) in [7, 11) is 0. The number of alkyl carbamates (subject to hydrolysis) is 1. The Labute approximate surface area is 154 Å². The first-order valence-corrected chi connectivity index (χ1v) is 8.89. The zero-order chi connectivity index (χ0) is 19.5. The second kappa shape index (κ2) is 11.1. The van der Waals surface area contributed by atoms with E-state index in [1.807, 2.05) is 51.1 Å². The van der Waals surface area contributed by atoms with Crippen LogP contribution in [-0.4, -0.2) is 35.2 Å². The molecule has 7 heteroatoms. The Hall–Kier alpha value is -2.57. The largest absolute Gasteiger partial charge is 0.480 e. The van der Waals surface area contributed by atoms with Crippen molar-refractivity contribution in [2.75, 3.05) is 0 Å². The molecule has 0 aliphatic heterocycles. The highest BCUT2D eigenvalue weighted by Gasteiger charge is 2.29. The maximum absolute atomic E-state index is 12.5. The lowest BCUT2D eigenvalue weighted by atomic mass is 9.98. The maximum atomic E-state index is 12.5. The molecule has 0 aliphatic rings. The van der Waals surface area contributed by atoms with Gasteiger partial charge < -0.3 is 20.5 Å². The van der Waals surface area contributed by atoms with E-state index in [1.165, 1.54) is 0 Å². The minimum atomic E-state index is -1.09. The summed E-state index contributed by atoms with van der Waals surface area (Å²) in [6.45, 7) is 5.64. The van der Waals surface area contributed by atoms with Gasteiger partial charge in [-0.3, -0.25) is 4.79 Å². The maximum Gasteiger partial charge on any atom is 0.408 e. The van der Waals surface area contributed by atoms with Gasteiger partial charge in [0.25, 0.3) is 0 Å². The van der Waals surface area contributed by atoms with Gasteiger partial charge in [-0.25, -0.2) is 9.59 Å². The summed E-state index contributed by atoms with van der Waals surface area (Å²) in [5, 5.41) is 14.3. The van der Waals surface area contributed by atoms with Crippen molar-refractivity contribution in [2.24, 2.45) is 5.92 Å². The number of carbonyl (C=O) groups excluding carboxylic acids is 2. The summed E-state index contributed by atoms with van der Waals surface area (Å²) in [5.74, 6) is -1.78. The van der Waals surface area contributed by atoms with Crippen LogP contribution in [0.5, 0.6) is 0 Å². The third-order valence-corrected chi connectivity index (χ3v) is 4.17. The topological polar surface area (TPSA) is 105 Å². The Morgan fingerprint density at radius 3 is 2.31 bits per heavy atom. The molecular formula is C19H28N2O5. The molecular weight excluding hydrogens is 336 g/mol. The van der Waals surface area contributed by atoms with E-state index in [0.29, 0.717) is 19.3 Å². The molecule has 0 aliphatic carbocycles. The van der Waals surface area contributed by atoms with Crippen LogP contribution >= 0.6 is 0 Å². The van der Waals surface area contributed by atoms with Crippen molar-refractivity contribution >= 4 is 18.0 Å². The predicted octanol–water partition coefficient (Wildman–Crippen LogP) is 2.70. The second-order valence-electron chi connectivity index (χ2n) is 6.26. The number of carboxylic acids is 1. The van der Waals surface area contributed by atoms with Crippen LogP contribution in [0, 0.1) is 5.92 Å². The van der Waals surface area contributed by atoms with Crippen molar-refractivity contribution < 1.29 is 24.2 Å². The van der Waals surface area contributed by atoms with E-state index < -0.39 is 30.1 Å². The van der Waals surface area contributed by atoms with Gasteiger partial charge in [-0.05, 0) is 17.9 Å². The first kappa shape index (κ1) is 21.5. The Bertz CT molecular complexity index is 591. The van der Waals surface area contributed by atoms with Crippen molar-refractivity contribution in [1.82, 2.24) is 10.6 Å². The van der Waals surface area contributed by atoms with Crippen LogP contribution in [0.3, 0.4) is 0 Å². The number of rotatable bonds is 10. The fourth-order valence-electron chi connectivity index (χ4n) is 2.40. The van der Waals surface area contributed by atoms with Gasteiger partial charge in [-0.1, -0.05) is 63.9 Å². The Balaban J connectivity index is 2.68. The number of hydrogen-bond acceptors (Lipinski definition) is 4. The molecule has 26 heavy (non-hydrogen) atoms. The van der Waals surface area contributed by atoms with Crippen molar-refractivity contribution in [3.8, 4) is 0 Å². The first-order valence-electron chi connectivity index (χ1n) is 8.89. The zero-order valence-electron chi connectivity index (χ0n) is 15.5. The molecule has 0 aromatic heterocycles. The molecule has 1 aromatic carbocycles. The molecule has 7 nitrogen and oxygen atoms in total. The number of carboxylic acid groups (broad SMARTS) is 1. The van der Waals surface area contributed by atoms with E-state index in [2.05, 4.69) is 10.6 Å². The zero-order valence-corrected chi connectivity index (χ0v) is 15.5. The first-order chi connectivity index (χ1) is 12.4. The normalized spacial score (nSPS) is 14.0. The van der Waals surface area contributed by atoms with Crippen molar-refractivity contribution in [3.63, 3.8) is 0 Å². The molecule has 0 radical (unpaired) electrons. The average molecular weight is 364 g/mol. The molecule has 0 bridgehead atoms. The Morgan fingerprint density at radius 2 is 1.77 bits per heavy atom. The Kier molecular flexibility index (Phi) is 9.19. The molecule has 3 N–H and O–H groups in total. The minimum Gasteiger partial charge on any atom is -0.480 e. The molecule has 3 atom stereocenters. The summed E-state index contributed by atoms with van der Waals surface area (Å²) < 4.78 is 5.16. The second-order valence-corrected chi connectivity index (χ2v) is 6.26. The van der Waals surface area contributed by atoms with Crippen LogP contribution in [0.4, 0.5) is 4.79 Å². The van der Waals surface area contributed by atoms with Gasteiger partial charge in [-0.2, -0.15) is 0 Å². The molecule has 0 unspecified atom stereocenters. The van der Waals surface area contributed by atoms with Gasteiger partial charge in [0.05, 0.1) is 0 Å². The predicted molar refractivity (Wildman–Crippen MR) is 97.5 cm³/mol. The fourth-order valence-corrected chi connectivity index (χ4v) is 2.40. The van der Waals surface area contributed by atoms with Gasteiger partial charge in [0.1, 0.15) is 18.7 Å². The molecule has 144 valence electrons. The van der Waals surface area contributed by atoms with Crippen molar-refractivity contribution in [1.29, 1.82) is 0 Å². The summed E-state index contributed by atoms with van der Waals surface area (Å²) in [6, 6.07) is 7.37. The van der Waals surface area contributed by atoms with E-state index in [-0.39, 0.29) is 12.5 Å². The smallest absolute Gasteiger partial charge is 0.408 e. The number of nitrogens with one attached hydrogen (secondary N) is 2. The van der Waals surface area contributed by atoms with E-state index in [1.54, 1.807) is 0 Å². The molecule has 1 aromatic rings. The van der Waals surface area contributed by atoms with Crippen LogP contribution < -0.4 is 10.6 Å². The molecule has 1 rings (SSSR count). The van der Waals surface area contributed by atoms with Gasteiger partial charge in [0.15, 0.2) is 0 Å². The van der Waals surface area contributed by atoms with E-state index in [4.69, 9.17) is 4.74 Å². The number of carbonyl (C=O) groups is 3. The molecule has 2 amide bonds. The third kappa shape index (κ3) is 7.13.